The van der Waals surface area contributed by atoms with Gasteiger partial charge in [-0.1, -0.05) is 0 Å². The summed E-state index contributed by atoms with van der Waals surface area (Å²) < 4.78 is 2.11. The van der Waals surface area contributed by atoms with Gasteiger partial charge in [0.1, 0.15) is 5.82 Å². The molecule has 2 aromatic rings. The summed E-state index contributed by atoms with van der Waals surface area (Å²) in [5, 5.41) is 15.0. The lowest BCUT2D eigenvalue weighted by atomic mass is 10.2. The average molecular weight is 262 g/mol. The van der Waals surface area contributed by atoms with E-state index in [1.54, 1.807) is 0 Å². The molecular formula is C12H14N4OS. The van der Waals surface area contributed by atoms with Crippen LogP contribution in [0.4, 0.5) is 0 Å². The van der Waals surface area contributed by atoms with Gasteiger partial charge in [-0.05, 0) is 24.8 Å². The van der Waals surface area contributed by atoms with E-state index in [0.717, 1.165) is 31.0 Å². The number of aromatic nitrogens is 3. The molecule has 0 unspecified atom stereocenters. The van der Waals surface area contributed by atoms with Crippen molar-refractivity contribution >= 4 is 17.2 Å². The molecule has 3 heterocycles. The van der Waals surface area contributed by atoms with Crippen molar-refractivity contribution in [1.29, 1.82) is 0 Å². The number of hydrogen-bond donors (Lipinski definition) is 1. The second-order valence-corrected chi connectivity index (χ2v) is 5.22. The van der Waals surface area contributed by atoms with E-state index < -0.39 is 0 Å². The van der Waals surface area contributed by atoms with Crippen molar-refractivity contribution in [2.24, 2.45) is 0 Å². The van der Waals surface area contributed by atoms with E-state index in [1.807, 2.05) is 23.8 Å². The summed E-state index contributed by atoms with van der Waals surface area (Å²) >= 11 is 1.52. The topological polar surface area (TPSA) is 59.8 Å². The molecule has 3 rings (SSSR count). The summed E-state index contributed by atoms with van der Waals surface area (Å²) in [6.07, 6.45) is 2.10. The van der Waals surface area contributed by atoms with Crippen molar-refractivity contribution < 1.29 is 4.79 Å². The summed E-state index contributed by atoms with van der Waals surface area (Å²) in [5.41, 5.74) is 0.702. The van der Waals surface area contributed by atoms with Gasteiger partial charge >= 0.3 is 0 Å². The third-order valence-corrected chi connectivity index (χ3v) is 3.84. The summed E-state index contributed by atoms with van der Waals surface area (Å²) in [7, 11) is 0. The number of aryl methyl sites for hydroxylation is 1. The zero-order valence-corrected chi connectivity index (χ0v) is 10.9. The van der Waals surface area contributed by atoms with Gasteiger partial charge < -0.3 is 9.88 Å². The molecule has 1 amide bonds. The predicted octanol–water partition coefficient (Wildman–Crippen LogP) is 1.78. The lowest BCUT2D eigenvalue weighted by molar-refractivity contribution is 0.0938. The Morgan fingerprint density at radius 1 is 1.56 bits per heavy atom. The van der Waals surface area contributed by atoms with Gasteiger partial charge in [-0.3, -0.25) is 4.79 Å². The zero-order chi connectivity index (χ0) is 12.5. The van der Waals surface area contributed by atoms with Crippen LogP contribution < -0.4 is 5.32 Å². The molecular weight excluding hydrogens is 248 g/mol. The highest BCUT2D eigenvalue weighted by molar-refractivity contribution is 7.08. The van der Waals surface area contributed by atoms with E-state index in [4.69, 9.17) is 0 Å². The number of carbonyl (C=O) groups is 1. The van der Waals surface area contributed by atoms with Gasteiger partial charge in [0, 0.05) is 18.3 Å². The second-order valence-electron chi connectivity index (χ2n) is 4.44. The first-order valence-corrected chi connectivity index (χ1v) is 6.95. The third kappa shape index (κ3) is 1.92. The first-order chi connectivity index (χ1) is 8.75. The van der Waals surface area contributed by atoms with Crippen molar-refractivity contribution in [3.63, 3.8) is 0 Å². The standard InChI is InChI=1S/C12H14N4OS/c1-8(13-12(17)9-4-6-18-7-9)11-15-14-10-3-2-5-16(10)11/h4,6-8H,2-3,5H2,1H3,(H,13,17)/t8-/m1/s1. The van der Waals surface area contributed by atoms with Gasteiger partial charge in [-0.2, -0.15) is 11.3 Å². The number of hydrogen-bond acceptors (Lipinski definition) is 4. The Labute approximate surface area is 109 Å². The van der Waals surface area contributed by atoms with Gasteiger partial charge in [-0.25, -0.2) is 0 Å². The number of thiophene rings is 1. The molecule has 1 aliphatic heterocycles. The number of nitrogens with one attached hydrogen (secondary N) is 1. The molecule has 0 aromatic carbocycles. The van der Waals surface area contributed by atoms with E-state index in [0.29, 0.717) is 5.56 Å². The zero-order valence-electron chi connectivity index (χ0n) is 10.1. The number of rotatable bonds is 3. The van der Waals surface area contributed by atoms with Crippen molar-refractivity contribution in [3.05, 3.63) is 34.0 Å². The molecule has 0 spiro atoms. The lowest BCUT2D eigenvalue weighted by Gasteiger charge is -2.13. The van der Waals surface area contributed by atoms with E-state index in [1.165, 1.54) is 11.3 Å². The molecule has 94 valence electrons. The highest BCUT2D eigenvalue weighted by Gasteiger charge is 2.22. The summed E-state index contributed by atoms with van der Waals surface area (Å²) in [4.78, 5) is 11.9. The van der Waals surface area contributed by atoms with Crippen molar-refractivity contribution in [3.8, 4) is 0 Å². The molecule has 6 heteroatoms. The van der Waals surface area contributed by atoms with Crippen LogP contribution in [0.2, 0.25) is 0 Å². The summed E-state index contributed by atoms with van der Waals surface area (Å²) in [5.74, 6) is 1.83. The SMILES string of the molecule is C[C@@H](NC(=O)c1ccsc1)c1nnc2n1CCC2. The number of fused-ring (bicyclic) bond motifs is 1. The maximum absolute atomic E-state index is 11.9. The first-order valence-electron chi connectivity index (χ1n) is 6.01. The van der Waals surface area contributed by atoms with Crippen LogP contribution >= 0.6 is 11.3 Å². The van der Waals surface area contributed by atoms with Crippen LogP contribution in [0, 0.1) is 0 Å². The maximum Gasteiger partial charge on any atom is 0.252 e. The molecule has 0 aliphatic carbocycles. The molecule has 2 aromatic heterocycles. The second kappa shape index (κ2) is 4.53. The van der Waals surface area contributed by atoms with Crippen molar-refractivity contribution in [2.75, 3.05) is 0 Å². The van der Waals surface area contributed by atoms with Gasteiger partial charge in [0.15, 0.2) is 5.82 Å². The largest absolute Gasteiger partial charge is 0.342 e. The fraction of sp³-hybridized carbons (Fsp3) is 0.417. The highest BCUT2D eigenvalue weighted by atomic mass is 32.1. The van der Waals surface area contributed by atoms with Crippen molar-refractivity contribution in [1.82, 2.24) is 20.1 Å². The Hall–Kier alpha value is -1.69. The Balaban J connectivity index is 1.75. The van der Waals surface area contributed by atoms with E-state index >= 15 is 0 Å². The molecule has 5 nitrogen and oxygen atoms in total. The minimum Gasteiger partial charge on any atom is -0.342 e. The van der Waals surface area contributed by atoms with E-state index in [2.05, 4.69) is 20.1 Å². The Bertz CT molecular complexity index is 561. The molecule has 1 N–H and O–H groups in total. The third-order valence-electron chi connectivity index (χ3n) is 3.16. The maximum atomic E-state index is 11.9. The molecule has 1 atom stereocenters. The fourth-order valence-electron chi connectivity index (χ4n) is 2.23. The van der Waals surface area contributed by atoms with Crippen LogP contribution in [0.5, 0.6) is 0 Å². The minimum absolute atomic E-state index is 0.0564. The molecule has 0 saturated carbocycles. The fourth-order valence-corrected chi connectivity index (χ4v) is 2.87. The Kier molecular flexibility index (Phi) is 2.87. The molecule has 18 heavy (non-hydrogen) atoms. The van der Waals surface area contributed by atoms with Gasteiger partial charge in [0.2, 0.25) is 0 Å². The van der Waals surface area contributed by atoms with Crippen LogP contribution in [-0.2, 0) is 13.0 Å². The summed E-state index contributed by atoms with van der Waals surface area (Å²) in [6, 6.07) is 1.71. The normalized spacial score (nSPS) is 15.4. The monoisotopic (exact) mass is 262 g/mol. The smallest absolute Gasteiger partial charge is 0.252 e. The molecule has 1 aliphatic rings. The number of nitrogens with zero attached hydrogens (tertiary/aromatic N) is 3. The number of carbonyl (C=O) groups excluding carboxylic acids is 1. The van der Waals surface area contributed by atoms with Crippen LogP contribution in [0.15, 0.2) is 16.8 Å². The van der Waals surface area contributed by atoms with Gasteiger partial charge in [0.05, 0.1) is 11.6 Å². The molecule has 0 radical (unpaired) electrons. The van der Waals surface area contributed by atoms with Crippen LogP contribution in [0.1, 0.15) is 41.4 Å². The minimum atomic E-state index is -0.114. The Morgan fingerprint density at radius 3 is 3.22 bits per heavy atom. The predicted molar refractivity (Wildman–Crippen MR) is 68.5 cm³/mol. The average Bonchev–Trinajstić information content (AvgIpc) is 3.06. The molecule has 0 bridgehead atoms. The highest BCUT2D eigenvalue weighted by Crippen LogP contribution is 2.19. The Morgan fingerprint density at radius 2 is 2.44 bits per heavy atom. The van der Waals surface area contributed by atoms with Crippen LogP contribution in [0.25, 0.3) is 0 Å². The molecule has 0 saturated heterocycles. The van der Waals surface area contributed by atoms with E-state index in [-0.39, 0.29) is 11.9 Å². The van der Waals surface area contributed by atoms with Crippen LogP contribution in [0.3, 0.4) is 0 Å². The molecule has 0 fully saturated rings. The number of amides is 1. The first kappa shape index (κ1) is 11.4. The van der Waals surface area contributed by atoms with E-state index in [9.17, 15) is 4.79 Å². The van der Waals surface area contributed by atoms with Gasteiger partial charge in [-0.15, -0.1) is 10.2 Å². The van der Waals surface area contributed by atoms with Crippen LogP contribution in [-0.4, -0.2) is 20.7 Å². The quantitative estimate of drug-likeness (QED) is 0.917. The van der Waals surface area contributed by atoms with Crippen molar-refractivity contribution in [2.45, 2.75) is 32.4 Å². The summed E-state index contributed by atoms with van der Waals surface area (Å²) in [6.45, 7) is 2.90. The van der Waals surface area contributed by atoms with Gasteiger partial charge in [0.25, 0.3) is 5.91 Å². The lowest BCUT2D eigenvalue weighted by Crippen LogP contribution is -2.28.